The molecule has 0 spiro atoms. The molecule has 17 heavy (non-hydrogen) atoms. The monoisotopic (exact) mass is 301 g/mol. The molecule has 0 aliphatic carbocycles. The van der Waals surface area contributed by atoms with Crippen LogP contribution >= 0.6 is 15.9 Å². The average Bonchev–Trinajstić information content (AvgIpc) is 2.66. The van der Waals surface area contributed by atoms with Crippen molar-refractivity contribution in [2.75, 3.05) is 6.54 Å². The third-order valence-electron chi connectivity index (χ3n) is 3.05. The molecule has 0 aliphatic heterocycles. The van der Waals surface area contributed by atoms with Gasteiger partial charge in [0.1, 0.15) is 0 Å². The molecule has 1 rings (SSSR count). The first-order valence-corrected chi connectivity index (χ1v) is 7.34. The molecule has 3 nitrogen and oxygen atoms in total. The lowest BCUT2D eigenvalue weighted by atomic mass is 10.1. The van der Waals surface area contributed by atoms with Gasteiger partial charge in [0.15, 0.2) is 0 Å². The van der Waals surface area contributed by atoms with E-state index in [1.165, 1.54) is 18.5 Å². The minimum atomic E-state index is 0.426. The van der Waals surface area contributed by atoms with Crippen LogP contribution in [0.2, 0.25) is 0 Å². The van der Waals surface area contributed by atoms with Crippen molar-refractivity contribution in [1.82, 2.24) is 15.1 Å². The van der Waals surface area contributed by atoms with Crippen molar-refractivity contribution in [2.45, 2.75) is 59.0 Å². The van der Waals surface area contributed by atoms with E-state index in [1.807, 2.05) is 6.20 Å². The molecular formula is C13H24BrN3. The van der Waals surface area contributed by atoms with Crippen LogP contribution < -0.4 is 5.32 Å². The summed E-state index contributed by atoms with van der Waals surface area (Å²) in [4.78, 5) is 0. The molecule has 0 aromatic carbocycles. The lowest BCUT2D eigenvalue weighted by Crippen LogP contribution is -2.28. The van der Waals surface area contributed by atoms with Gasteiger partial charge in [0.05, 0.1) is 16.4 Å². The van der Waals surface area contributed by atoms with Crippen molar-refractivity contribution >= 4 is 15.9 Å². The van der Waals surface area contributed by atoms with E-state index in [0.29, 0.717) is 12.1 Å². The highest BCUT2D eigenvalue weighted by Gasteiger charge is 2.13. The van der Waals surface area contributed by atoms with E-state index in [4.69, 9.17) is 0 Å². The maximum Gasteiger partial charge on any atom is 0.0635 e. The number of aromatic nitrogens is 2. The van der Waals surface area contributed by atoms with Crippen LogP contribution in [0.3, 0.4) is 0 Å². The minimum absolute atomic E-state index is 0.426. The van der Waals surface area contributed by atoms with Crippen LogP contribution in [-0.2, 0) is 6.42 Å². The van der Waals surface area contributed by atoms with Crippen LogP contribution in [0, 0.1) is 0 Å². The van der Waals surface area contributed by atoms with Gasteiger partial charge >= 0.3 is 0 Å². The molecule has 0 saturated carbocycles. The van der Waals surface area contributed by atoms with E-state index in [1.54, 1.807) is 0 Å². The smallest absolute Gasteiger partial charge is 0.0635 e. The predicted octanol–water partition coefficient (Wildman–Crippen LogP) is 3.55. The Balaban J connectivity index is 2.64. The molecule has 0 saturated heterocycles. The van der Waals surface area contributed by atoms with Gasteiger partial charge in [0.25, 0.3) is 0 Å². The summed E-state index contributed by atoms with van der Waals surface area (Å²) in [6, 6.07) is 1.04. The summed E-state index contributed by atoms with van der Waals surface area (Å²) >= 11 is 3.59. The first-order chi connectivity index (χ1) is 8.10. The number of nitrogens with zero attached hydrogens (tertiary/aromatic N) is 2. The molecule has 1 unspecified atom stereocenters. The number of hydrogen-bond acceptors (Lipinski definition) is 2. The second-order valence-electron chi connectivity index (χ2n) is 4.68. The van der Waals surface area contributed by atoms with Crippen LogP contribution in [-0.4, -0.2) is 22.4 Å². The van der Waals surface area contributed by atoms with Gasteiger partial charge in [0, 0.05) is 12.1 Å². The number of nitrogens with one attached hydrogen (secondary N) is 1. The number of hydrogen-bond donors (Lipinski definition) is 1. The number of rotatable bonds is 7. The quantitative estimate of drug-likeness (QED) is 0.835. The van der Waals surface area contributed by atoms with E-state index in [9.17, 15) is 0 Å². The van der Waals surface area contributed by atoms with Crippen molar-refractivity contribution in [3.05, 3.63) is 16.4 Å². The van der Waals surface area contributed by atoms with Gasteiger partial charge < -0.3 is 5.32 Å². The van der Waals surface area contributed by atoms with Gasteiger partial charge in [-0.15, -0.1) is 0 Å². The standard InChI is InChI=1S/C13H24BrN3/c1-5-11(15-6-2)7-8-13-12(14)9-16-17(13)10(3)4/h9-11,15H,5-8H2,1-4H3. The Morgan fingerprint density at radius 2 is 2.12 bits per heavy atom. The topological polar surface area (TPSA) is 29.9 Å². The molecule has 4 heteroatoms. The largest absolute Gasteiger partial charge is 0.314 e. The van der Waals surface area contributed by atoms with Crippen LogP contribution in [0.4, 0.5) is 0 Å². The van der Waals surface area contributed by atoms with Crippen LogP contribution in [0.1, 0.15) is 52.3 Å². The van der Waals surface area contributed by atoms with Gasteiger partial charge in [-0.25, -0.2) is 0 Å². The van der Waals surface area contributed by atoms with E-state index < -0.39 is 0 Å². The maximum absolute atomic E-state index is 4.41. The summed E-state index contributed by atoms with van der Waals surface area (Å²) in [5.41, 5.74) is 1.32. The molecule has 0 radical (unpaired) electrons. The van der Waals surface area contributed by atoms with Gasteiger partial charge in [-0.1, -0.05) is 13.8 Å². The molecule has 0 bridgehead atoms. The minimum Gasteiger partial charge on any atom is -0.314 e. The number of halogens is 1. The summed E-state index contributed by atoms with van der Waals surface area (Å²) in [6.07, 6.45) is 5.33. The Morgan fingerprint density at radius 1 is 1.41 bits per heavy atom. The highest BCUT2D eigenvalue weighted by Crippen LogP contribution is 2.21. The van der Waals surface area contributed by atoms with Crippen LogP contribution in [0.15, 0.2) is 10.7 Å². The summed E-state index contributed by atoms with van der Waals surface area (Å²) in [5.74, 6) is 0. The van der Waals surface area contributed by atoms with E-state index >= 15 is 0 Å². The zero-order chi connectivity index (χ0) is 12.8. The van der Waals surface area contributed by atoms with Gasteiger partial charge in [-0.3, -0.25) is 4.68 Å². The Bertz CT molecular complexity index is 333. The fraction of sp³-hybridized carbons (Fsp3) is 0.769. The Kier molecular flexibility index (Phi) is 6.20. The van der Waals surface area contributed by atoms with Gasteiger partial charge in [0.2, 0.25) is 0 Å². The Morgan fingerprint density at radius 3 is 2.65 bits per heavy atom. The third-order valence-corrected chi connectivity index (χ3v) is 3.71. The Hall–Kier alpha value is -0.350. The zero-order valence-corrected chi connectivity index (χ0v) is 12.9. The van der Waals surface area contributed by atoms with Crippen LogP contribution in [0.25, 0.3) is 0 Å². The molecule has 1 N–H and O–H groups in total. The second kappa shape index (κ2) is 7.17. The first kappa shape index (κ1) is 14.7. The SMILES string of the molecule is CCNC(CC)CCc1c(Br)cnn1C(C)C. The zero-order valence-electron chi connectivity index (χ0n) is 11.3. The van der Waals surface area contributed by atoms with Crippen molar-refractivity contribution in [3.8, 4) is 0 Å². The summed E-state index contributed by atoms with van der Waals surface area (Å²) in [6.45, 7) is 9.79. The summed E-state index contributed by atoms with van der Waals surface area (Å²) < 4.78 is 3.25. The molecule has 98 valence electrons. The van der Waals surface area contributed by atoms with Crippen molar-refractivity contribution < 1.29 is 0 Å². The normalized spacial score (nSPS) is 13.3. The van der Waals surface area contributed by atoms with Crippen molar-refractivity contribution in [2.24, 2.45) is 0 Å². The second-order valence-corrected chi connectivity index (χ2v) is 5.53. The fourth-order valence-electron chi connectivity index (χ4n) is 2.10. The maximum atomic E-state index is 4.41. The first-order valence-electron chi connectivity index (χ1n) is 6.55. The molecular weight excluding hydrogens is 278 g/mol. The average molecular weight is 302 g/mol. The fourth-order valence-corrected chi connectivity index (χ4v) is 2.57. The van der Waals surface area contributed by atoms with Gasteiger partial charge in [-0.2, -0.15) is 5.10 Å². The van der Waals surface area contributed by atoms with E-state index in [2.05, 4.69) is 58.7 Å². The lowest BCUT2D eigenvalue weighted by Gasteiger charge is -2.17. The molecule has 1 heterocycles. The van der Waals surface area contributed by atoms with E-state index in [-0.39, 0.29) is 0 Å². The van der Waals surface area contributed by atoms with Crippen molar-refractivity contribution in [1.29, 1.82) is 0 Å². The van der Waals surface area contributed by atoms with Gasteiger partial charge in [-0.05, 0) is 55.6 Å². The molecule has 0 aliphatic rings. The molecule has 0 amide bonds. The molecule has 1 aromatic rings. The summed E-state index contributed by atoms with van der Waals surface area (Å²) in [5, 5.41) is 7.93. The highest BCUT2D eigenvalue weighted by atomic mass is 79.9. The lowest BCUT2D eigenvalue weighted by molar-refractivity contribution is 0.456. The molecule has 1 atom stereocenters. The Labute approximate surface area is 113 Å². The molecule has 1 aromatic heterocycles. The summed E-state index contributed by atoms with van der Waals surface area (Å²) in [7, 11) is 0. The van der Waals surface area contributed by atoms with Crippen molar-refractivity contribution in [3.63, 3.8) is 0 Å². The predicted molar refractivity (Wildman–Crippen MR) is 76.4 cm³/mol. The van der Waals surface area contributed by atoms with E-state index in [0.717, 1.165) is 17.4 Å². The third kappa shape index (κ3) is 4.11. The highest BCUT2D eigenvalue weighted by molar-refractivity contribution is 9.10. The molecule has 0 fully saturated rings. The van der Waals surface area contributed by atoms with Crippen LogP contribution in [0.5, 0.6) is 0 Å².